The molecule has 0 aliphatic carbocycles. The van der Waals surface area contributed by atoms with E-state index >= 15 is 0 Å². The Labute approximate surface area is 109 Å². The molecule has 0 bridgehead atoms. The van der Waals surface area contributed by atoms with Gasteiger partial charge in [0.1, 0.15) is 0 Å². The van der Waals surface area contributed by atoms with Crippen LogP contribution in [0.3, 0.4) is 0 Å². The lowest BCUT2D eigenvalue weighted by atomic mass is 10.0. The first-order valence-corrected chi connectivity index (χ1v) is 4.82. The van der Waals surface area contributed by atoms with Crippen molar-refractivity contribution in [1.29, 1.82) is 0 Å². The lowest BCUT2D eigenvalue weighted by molar-refractivity contribution is -0.438. The fourth-order valence-corrected chi connectivity index (χ4v) is 0.553. The van der Waals surface area contributed by atoms with E-state index in [9.17, 15) is 52.7 Å². The molecule has 21 heavy (non-hydrogen) atoms. The predicted molar refractivity (Wildman–Crippen MR) is 38.5 cm³/mol. The molecule has 0 fully saturated rings. The van der Waals surface area contributed by atoms with Gasteiger partial charge in [-0.15, -0.1) is 0 Å². The first-order chi connectivity index (χ1) is 8.73. The summed E-state index contributed by atoms with van der Waals surface area (Å²) in [6.07, 6.45) is -14.5. The average Bonchev–Trinajstić information content (AvgIpc) is 2.12. The predicted octanol–water partition coefficient (Wildman–Crippen LogP) is 3.36. The Balaban J connectivity index is 0. The summed E-state index contributed by atoms with van der Waals surface area (Å²) in [7, 11) is 0. The highest BCUT2D eigenvalue weighted by atomic mass is 32.2. The Hall–Kier alpha value is -0.770. The van der Waals surface area contributed by atoms with E-state index in [0.717, 1.165) is 0 Å². The van der Waals surface area contributed by atoms with E-state index in [0.29, 0.717) is 0 Å². The summed E-state index contributed by atoms with van der Waals surface area (Å²) in [6, 6.07) is 0. The van der Waals surface area contributed by atoms with E-state index in [-0.39, 0.29) is 0 Å². The highest BCUT2D eigenvalue weighted by Crippen LogP contribution is 2.57. The van der Waals surface area contributed by atoms with Crippen LogP contribution in [0.1, 0.15) is 0 Å². The minimum atomic E-state index is -7.66. The molecule has 0 aliphatic rings. The molecule has 0 radical (unpaired) electrons. The van der Waals surface area contributed by atoms with Gasteiger partial charge in [-0.05, 0) is 0 Å². The highest BCUT2D eigenvalue weighted by Gasteiger charge is 2.88. The van der Waals surface area contributed by atoms with Crippen molar-refractivity contribution >= 4 is 11.4 Å². The van der Waals surface area contributed by atoms with Crippen molar-refractivity contribution < 1.29 is 66.0 Å². The van der Waals surface area contributed by atoms with Crippen LogP contribution in [0.25, 0.3) is 0 Å². The second kappa shape index (κ2) is 6.15. The van der Waals surface area contributed by atoms with Crippen molar-refractivity contribution in [2.75, 3.05) is 0 Å². The molecule has 0 aliphatic heterocycles. The number of alkyl halides is 12. The van der Waals surface area contributed by atoms with E-state index in [1.807, 2.05) is 0 Å². The van der Waals surface area contributed by atoms with Gasteiger partial charge in [-0.25, -0.2) is 4.21 Å². The Morgan fingerprint density at radius 2 is 0.762 bits per heavy atom. The second-order valence-corrected chi connectivity index (χ2v) is 3.37. The smallest absolute Gasteiger partial charge is 0.460 e. The Morgan fingerprint density at radius 1 is 0.619 bits per heavy atom. The molecule has 1 atom stereocenters. The fraction of sp³-hybridized carbons (Fsp3) is 1.00. The van der Waals surface area contributed by atoms with E-state index in [2.05, 4.69) is 0 Å². The molecule has 0 heterocycles. The van der Waals surface area contributed by atoms with Crippen LogP contribution in [0, 0.1) is 0 Å². The monoisotopic (exact) mass is 369 g/mol. The summed E-state index contributed by atoms with van der Waals surface area (Å²) in [4.78, 5) is 0. The molecule has 0 saturated carbocycles. The minimum Gasteiger partial charge on any atom is -0.750 e. The lowest BCUT2D eigenvalue weighted by Gasteiger charge is -2.34. The van der Waals surface area contributed by atoms with Crippen LogP contribution < -0.4 is 0 Å². The zero-order valence-electron chi connectivity index (χ0n) is 8.71. The van der Waals surface area contributed by atoms with Crippen LogP contribution in [0.2, 0.25) is 0 Å². The maximum absolute atomic E-state index is 12.0. The molecule has 1 N–H and O–H groups in total. The number of hydrogen-bond donors (Lipinski definition) is 1. The summed E-state index contributed by atoms with van der Waals surface area (Å²) < 4.78 is 164. The molecule has 3 nitrogen and oxygen atoms in total. The van der Waals surface area contributed by atoms with Crippen molar-refractivity contribution in [2.24, 2.45) is 0 Å². The van der Waals surface area contributed by atoms with Crippen molar-refractivity contribution in [1.82, 2.24) is 0 Å². The van der Waals surface area contributed by atoms with Crippen molar-refractivity contribution in [3.8, 4) is 0 Å². The summed E-state index contributed by atoms with van der Waals surface area (Å²) in [5.74, 6) is -22.7. The van der Waals surface area contributed by atoms with E-state index in [1.54, 1.807) is 0 Å². The van der Waals surface area contributed by atoms with Crippen LogP contribution >= 0.6 is 0 Å². The Bertz CT molecular complexity index is 338. The third kappa shape index (κ3) is 4.60. The Morgan fingerprint density at radius 3 is 0.857 bits per heavy atom. The summed E-state index contributed by atoms with van der Waals surface area (Å²) in [5.41, 5.74) is 0. The summed E-state index contributed by atoms with van der Waals surface area (Å²) >= 11 is -2.86. The van der Waals surface area contributed by atoms with E-state index in [1.165, 1.54) is 0 Å². The van der Waals surface area contributed by atoms with Gasteiger partial charge in [0.2, 0.25) is 0 Å². The molecule has 0 amide bonds. The number of rotatable bonds is 2. The van der Waals surface area contributed by atoms with Gasteiger partial charge in [0.25, 0.3) is 0 Å². The molecule has 0 spiro atoms. The van der Waals surface area contributed by atoms with Gasteiger partial charge in [0.15, 0.2) is 0 Å². The largest absolute Gasteiger partial charge is 0.750 e. The molecule has 130 valence electrons. The first kappa shape index (κ1) is 22.5. The molecule has 16 heteroatoms. The van der Waals surface area contributed by atoms with Crippen LogP contribution in [-0.4, -0.2) is 43.4 Å². The zero-order valence-corrected chi connectivity index (χ0v) is 9.52. The van der Waals surface area contributed by atoms with Crippen LogP contribution in [-0.2, 0) is 11.4 Å². The summed E-state index contributed by atoms with van der Waals surface area (Å²) in [5, 5.41) is 0. The quantitative estimate of drug-likeness (QED) is 0.600. The van der Waals surface area contributed by atoms with Gasteiger partial charge in [0, 0.05) is 0 Å². The van der Waals surface area contributed by atoms with Gasteiger partial charge in [0.05, 0.1) is 11.4 Å². The molecule has 0 aromatic heterocycles. The van der Waals surface area contributed by atoms with Gasteiger partial charge >= 0.3 is 30.1 Å². The van der Waals surface area contributed by atoms with Gasteiger partial charge in [-0.2, -0.15) is 52.7 Å². The van der Waals surface area contributed by atoms with Crippen molar-refractivity contribution in [3.63, 3.8) is 0 Å². The van der Waals surface area contributed by atoms with Crippen molar-refractivity contribution in [2.45, 2.75) is 30.1 Å². The van der Waals surface area contributed by atoms with E-state index in [4.69, 9.17) is 13.3 Å². The maximum atomic E-state index is 12.0. The molecular formula is C5HF12O3S-. The second-order valence-electron chi connectivity index (χ2n) is 2.94. The SMILES string of the molecule is FC(F)(F)C(F)(F)C(F)(F)C(F)(F)C(F)(F)F.O=S([O-])O. The zero-order chi connectivity index (χ0) is 18.1. The fourth-order valence-electron chi connectivity index (χ4n) is 0.553. The Kier molecular flexibility index (Phi) is 6.59. The molecule has 1 unspecified atom stereocenters. The molecule has 0 rings (SSSR count). The third-order valence-electron chi connectivity index (χ3n) is 1.50. The number of hydrogen-bond acceptors (Lipinski definition) is 2. The topological polar surface area (TPSA) is 60.4 Å². The van der Waals surface area contributed by atoms with E-state index < -0.39 is 41.5 Å². The highest BCUT2D eigenvalue weighted by molar-refractivity contribution is 7.73. The normalized spacial score (nSPS) is 16.1. The molecule has 0 aromatic rings. The molecular weight excluding hydrogens is 368 g/mol. The third-order valence-corrected chi connectivity index (χ3v) is 1.50. The lowest BCUT2D eigenvalue weighted by Crippen LogP contribution is -2.65. The van der Waals surface area contributed by atoms with Crippen LogP contribution in [0.5, 0.6) is 0 Å². The van der Waals surface area contributed by atoms with Crippen LogP contribution in [0.15, 0.2) is 0 Å². The van der Waals surface area contributed by atoms with Gasteiger partial charge in [-0.3, -0.25) is 0 Å². The van der Waals surface area contributed by atoms with Crippen molar-refractivity contribution in [3.05, 3.63) is 0 Å². The standard InChI is InChI=1S/C5F12.H2O3S/c6-1(7,2(8,9)4(12,13)14)3(10,11)5(15,16)17;1-4(2)3/h;(H2,1,2,3)/p-1. The van der Waals surface area contributed by atoms with Gasteiger partial charge < -0.3 is 9.11 Å². The average molecular weight is 369 g/mol. The first-order valence-electron chi connectivity index (χ1n) is 3.78. The number of halogens is 12. The molecule has 0 saturated heterocycles. The molecule has 0 aromatic carbocycles. The maximum Gasteiger partial charge on any atom is 0.460 e. The van der Waals surface area contributed by atoms with Crippen LogP contribution in [0.4, 0.5) is 52.7 Å². The summed E-state index contributed by atoms with van der Waals surface area (Å²) in [6.45, 7) is 0. The minimum absolute atomic E-state index is 2.86. The van der Waals surface area contributed by atoms with Gasteiger partial charge in [-0.1, -0.05) is 0 Å².